The number of aromatic nitrogens is 4. The molecule has 1 N–H and O–H groups in total. The summed E-state index contributed by atoms with van der Waals surface area (Å²) in [5.74, 6) is -1.35. The number of carboxylic acid groups (broad SMARTS) is 1. The van der Waals surface area contributed by atoms with Crippen LogP contribution in [0.15, 0.2) is 52.4 Å². The second-order valence-corrected chi connectivity index (χ2v) is 8.05. The van der Waals surface area contributed by atoms with Crippen molar-refractivity contribution in [2.45, 2.75) is 11.3 Å². The van der Waals surface area contributed by atoms with Gasteiger partial charge in [0, 0.05) is 19.7 Å². The molecule has 3 aromatic rings. The number of nitrogens with zero attached hydrogens (tertiary/aromatic N) is 4. The first-order chi connectivity index (χ1) is 12.6. The fraction of sp³-hybridized carbons (Fsp3) is 0.176. The summed E-state index contributed by atoms with van der Waals surface area (Å²) in [6, 6.07) is 7.41. The van der Waals surface area contributed by atoms with Crippen molar-refractivity contribution in [1.29, 1.82) is 0 Å². The molecule has 27 heavy (non-hydrogen) atoms. The van der Waals surface area contributed by atoms with Crippen LogP contribution in [0.3, 0.4) is 0 Å². The number of hydrogen-bond acceptors (Lipinski definition) is 6. The Morgan fingerprint density at radius 2 is 1.89 bits per heavy atom. The van der Waals surface area contributed by atoms with Gasteiger partial charge in [-0.25, -0.2) is 13.2 Å². The summed E-state index contributed by atoms with van der Waals surface area (Å²) in [5.41, 5.74) is 0.258. The van der Waals surface area contributed by atoms with Crippen molar-refractivity contribution >= 4 is 15.8 Å². The Morgan fingerprint density at radius 3 is 2.41 bits per heavy atom. The largest absolute Gasteiger partial charge is 0.477 e. The van der Waals surface area contributed by atoms with Crippen molar-refractivity contribution in [3.05, 3.63) is 69.9 Å². The van der Waals surface area contributed by atoms with E-state index in [-0.39, 0.29) is 11.3 Å². The molecule has 2 heterocycles. The minimum absolute atomic E-state index is 0.186. The van der Waals surface area contributed by atoms with Gasteiger partial charge in [0.05, 0.1) is 23.0 Å². The molecule has 0 spiro atoms. The Morgan fingerprint density at radius 1 is 1.22 bits per heavy atom. The molecule has 3 rings (SSSR count). The molecule has 0 saturated carbocycles. The van der Waals surface area contributed by atoms with Gasteiger partial charge in [-0.05, 0) is 23.8 Å². The van der Waals surface area contributed by atoms with Crippen LogP contribution < -0.4 is 5.56 Å². The van der Waals surface area contributed by atoms with Gasteiger partial charge in [-0.3, -0.25) is 9.48 Å². The number of hydrogen-bond donors (Lipinski definition) is 1. The Hall–Kier alpha value is -3.27. The second-order valence-electron chi connectivity index (χ2n) is 6.04. The lowest BCUT2D eigenvalue weighted by molar-refractivity contribution is 0.0694. The van der Waals surface area contributed by atoms with E-state index < -0.39 is 26.9 Å². The van der Waals surface area contributed by atoms with Crippen LogP contribution in [-0.4, -0.2) is 45.3 Å². The number of sulfone groups is 1. The second kappa shape index (κ2) is 6.80. The fourth-order valence-corrected chi connectivity index (χ4v) is 3.17. The van der Waals surface area contributed by atoms with E-state index in [0.717, 1.165) is 16.5 Å². The zero-order valence-corrected chi connectivity index (χ0v) is 15.3. The predicted molar refractivity (Wildman–Crippen MR) is 95.9 cm³/mol. The summed E-state index contributed by atoms with van der Waals surface area (Å²) in [6.45, 7) is 0. The van der Waals surface area contributed by atoms with E-state index >= 15 is 0 Å². The molecule has 0 unspecified atom stereocenters. The fourth-order valence-electron chi connectivity index (χ4n) is 2.54. The Bertz CT molecular complexity index is 1180. The van der Waals surface area contributed by atoms with Crippen LogP contribution in [0.25, 0.3) is 5.69 Å². The van der Waals surface area contributed by atoms with Gasteiger partial charge in [0.25, 0.3) is 5.56 Å². The van der Waals surface area contributed by atoms with Gasteiger partial charge in [-0.1, -0.05) is 12.1 Å². The lowest BCUT2D eigenvalue weighted by Crippen LogP contribution is -2.28. The van der Waals surface area contributed by atoms with E-state index in [4.69, 9.17) is 0 Å². The molecule has 10 heteroatoms. The van der Waals surface area contributed by atoms with Gasteiger partial charge >= 0.3 is 5.97 Å². The van der Waals surface area contributed by atoms with Crippen LogP contribution in [0, 0.1) is 0 Å². The van der Waals surface area contributed by atoms with E-state index in [2.05, 4.69) is 10.2 Å². The standard InChI is InChI=1S/C17H16N4O5S/c1-20-10-13(9-18-20)21-16(22)15(17(23)24)8-12(19-21)7-11-3-5-14(6-4-11)27(2,25)26/h3-6,8-10H,7H2,1-2H3,(H,23,24). The Balaban J connectivity index is 2.04. The summed E-state index contributed by atoms with van der Waals surface area (Å²) in [4.78, 5) is 24.0. The van der Waals surface area contributed by atoms with Crippen LogP contribution in [0.1, 0.15) is 21.6 Å². The topological polar surface area (TPSA) is 124 Å². The summed E-state index contributed by atoms with van der Waals surface area (Å²) < 4.78 is 25.5. The smallest absolute Gasteiger partial charge is 0.341 e. The van der Waals surface area contributed by atoms with Crippen molar-refractivity contribution < 1.29 is 18.3 Å². The lowest BCUT2D eigenvalue weighted by atomic mass is 10.1. The monoisotopic (exact) mass is 388 g/mol. The van der Waals surface area contributed by atoms with Gasteiger partial charge in [-0.2, -0.15) is 14.9 Å². The third-order valence-electron chi connectivity index (χ3n) is 3.87. The third-order valence-corrected chi connectivity index (χ3v) is 4.99. The number of benzene rings is 1. The molecular formula is C17H16N4O5S. The van der Waals surface area contributed by atoms with Crippen LogP contribution >= 0.6 is 0 Å². The van der Waals surface area contributed by atoms with E-state index in [9.17, 15) is 23.1 Å². The summed E-state index contributed by atoms with van der Waals surface area (Å²) in [7, 11) is -1.64. The van der Waals surface area contributed by atoms with Crippen LogP contribution in [0.2, 0.25) is 0 Å². The highest BCUT2D eigenvalue weighted by Gasteiger charge is 2.17. The highest BCUT2D eigenvalue weighted by molar-refractivity contribution is 7.90. The molecule has 1 aromatic carbocycles. The summed E-state index contributed by atoms with van der Waals surface area (Å²) in [5, 5.41) is 17.5. The van der Waals surface area contributed by atoms with Crippen molar-refractivity contribution in [1.82, 2.24) is 19.6 Å². The average molecular weight is 388 g/mol. The molecule has 0 aliphatic carbocycles. The Labute approximate surface area is 154 Å². The van der Waals surface area contributed by atoms with E-state index in [0.29, 0.717) is 11.4 Å². The predicted octanol–water partition coefficient (Wildman–Crippen LogP) is 0.659. The molecule has 0 aliphatic rings. The number of carboxylic acids is 1. The molecule has 0 fully saturated rings. The van der Waals surface area contributed by atoms with E-state index in [1.54, 1.807) is 25.4 Å². The summed E-state index contributed by atoms with van der Waals surface area (Å²) in [6.07, 6.45) is 4.30. The van der Waals surface area contributed by atoms with Crippen molar-refractivity contribution in [3.8, 4) is 5.69 Å². The number of aromatic carboxylic acids is 1. The lowest BCUT2D eigenvalue weighted by Gasteiger charge is -2.08. The van der Waals surface area contributed by atoms with Gasteiger partial charge < -0.3 is 5.11 Å². The van der Waals surface area contributed by atoms with Gasteiger partial charge in [0.2, 0.25) is 0 Å². The third kappa shape index (κ3) is 3.95. The quantitative estimate of drug-likeness (QED) is 0.681. The molecular weight excluding hydrogens is 372 g/mol. The molecule has 0 aliphatic heterocycles. The van der Waals surface area contributed by atoms with Crippen molar-refractivity contribution in [2.75, 3.05) is 6.26 Å². The van der Waals surface area contributed by atoms with Crippen molar-refractivity contribution in [2.24, 2.45) is 7.05 Å². The van der Waals surface area contributed by atoms with Crippen LogP contribution in [-0.2, 0) is 23.3 Å². The molecule has 0 saturated heterocycles. The SMILES string of the molecule is Cn1cc(-n2nc(Cc3ccc(S(C)(=O)=O)cc3)cc(C(=O)O)c2=O)cn1. The molecule has 0 atom stereocenters. The molecule has 140 valence electrons. The minimum Gasteiger partial charge on any atom is -0.477 e. The first-order valence-electron chi connectivity index (χ1n) is 7.80. The molecule has 0 amide bonds. The van der Waals surface area contributed by atoms with E-state index in [1.807, 2.05) is 0 Å². The zero-order chi connectivity index (χ0) is 19.8. The van der Waals surface area contributed by atoms with Crippen molar-refractivity contribution in [3.63, 3.8) is 0 Å². The maximum absolute atomic E-state index is 12.4. The zero-order valence-electron chi connectivity index (χ0n) is 14.5. The molecule has 0 bridgehead atoms. The van der Waals surface area contributed by atoms with E-state index in [1.165, 1.54) is 29.1 Å². The highest BCUT2D eigenvalue weighted by atomic mass is 32.2. The van der Waals surface area contributed by atoms with Gasteiger partial charge in [-0.15, -0.1) is 0 Å². The Kier molecular flexibility index (Phi) is 4.66. The molecule has 9 nitrogen and oxygen atoms in total. The normalized spacial score (nSPS) is 11.5. The molecule has 2 aromatic heterocycles. The first-order valence-corrected chi connectivity index (χ1v) is 9.69. The molecule has 0 radical (unpaired) electrons. The summed E-state index contributed by atoms with van der Waals surface area (Å²) >= 11 is 0. The maximum Gasteiger partial charge on any atom is 0.341 e. The first kappa shape index (κ1) is 18.5. The van der Waals surface area contributed by atoms with Crippen LogP contribution in [0.5, 0.6) is 0 Å². The number of rotatable bonds is 5. The number of aryl methyl sites for hydroxylation is 1. The minimum atomic E-state index is -3.30. The highest BCUT2D eigenvalue weighted by Crippen LogP contribution is 2.14. The van der Waals surface area contributed by atoms with Crippen LogP contribution in [0.4, 0.5) is 0 Å². The average Bonchev–Trinajstić information content (AvgIpc) is 3.02. The number of carbonyl (C=O) groups is 1. The van der Waals surface area contributed by atoms with Gasteiger partial charge in [0.1, 0.15) is 11.3 Å². The maximum atomic E-state index is 12.4. The van der Waals surface area contributed by atoms with Gasteiger partial charge in [0.15, 0.2) is 9.84 Å².